The van der Waals surface area contributed by atoms with Crippen molar-refractivity contribution in [3.63, 3.8) is 0 Å². The lowest BCUT2D eigenvalue weighted by molar-refractivity contribution is 1.53. The van der Waals surface area contributed by atoms with Crippen LogP contribution in [-0.2, 0) is 0 Å². The number of benzene rings is 3. The van der Waals surface area contributed by atoms with Gasteiger partial charge < -0.3 is 0 Å². The van der Waals surface area contributed by atoms with Gasteiger partial charge in [-0.1, -0.05) is 86.8 Å². The number of hydrogen-bond donors (Lipinski definition) is 0. The predicted octanol–water partition coefficient (Wildman–Crippen LogP) is 4.12. The fourth-order valence-electron chi connectivity index (χ4n) is 2.86. The normalized spacial score (nSPS) is 11.2. The summed E-state index contributed by atoms with van der Waals surface area (Å²) in [5, 5.41) is 5.96. The molecule has 0 bridgehead atoms. The molecule has 3 rings (SSSR count). The topological polar surface area (TPSA) is 0 Å². The average Bonchev–Trinajstić information content (AvgIpc) is 2.58. The van der Waals surface area contributed by atoms with E-state index in [1.54, 1.807) is 10.6 Å². The molecule has 116 valence electrons. The molecule has 3 aromatic rings. The van der Waals surface area contributed by atoms with Crippen LogP contribution in [0.1, 0.15) is 5.56 Å². The SMILES string of the molecule is Cc1cccc(P(C)C)c1P(c1ccccc1)c1ccccc1. The first-order valence-electron chi connectivity index (χ1n) is 7.85. The van der Waals surface area contributed by atoms with Gasteiger partial charge >= 0.3 is 0 Å². The third kappa shape index (κ3) is 3.55. The van der Waals surface area contributed by atoms with Gasteiger partial charge in [-0.3, -0.25) is 0 Å². The summed E-state index contributed by atoms with van der Waals surface area (Å²) < 4.78 is 0. The van der Waals surface area contributed by atoms with Crippen LogP contribution < -0.4 is 21.2 Å². The first-order valence-corrected chi connectivity index (χ1v) is 11.4. The van der Waals surface area contributed by atoms with Gasteiger partial charge in [-0.05, 0) is 55.0 Å². The van der Waals surface area contributed by atoms with Crippen molar-refractivity contribution in [1.29, 1.82) is 0 Å². The molecular weight excluding hydrogens is 314 g/mol. The van der Waals surface area contributed by atoms with Crippen molar-refractivity contribution in [1.82, 2.24) is 0 Å². The van der Waals surface area contributed by atoms with Gasteiger partial charge in [0.25, 0.3) is 0 Å². The van der Waals surface area contributed by atoms with Gasteiger partial charge in [0.15, 0.2) is 0 Å². The number of aryl methyl sites for hydroxylation is 1. The van der Waals surface area contributed by atoms with Gasteiger partial charge in [0.1, 0.15) is 0 Å². The van der Waals surface area contributed by atoms with Crippen molar-refractivity contribution in [2.45, 2.75) is 6.92 Å². The van der Waals surface area contributed by atoms with Crippen LogP contribution in [0, 0.1) is 6.92 Å². The maximum absolute atomic E-state index is 2.36. The van der Waals surface area contributed by atoms with Crippen LogP contribution in [0.4, 0.5) is 0 Å². The van der Waals surface area contributed by atoms with Gasteiger partial charge in [0.05, 0.1) is 0 Å². The molecule has 0 nitrogen and oxygen atoms in total. The van der Waals surface area contributed by atoms with Crippen LogP contribution >= 0.6 is 15.8 Å². The molecule has 0 unspecified atom stereocenters. The minimum atomic E-state index is -0.504. The summed E-state index contributed by atoms with van der Waals surface area (Å²) in [6.07, 6.45) is 0. The van der Waals surface area contributed by atoms with Crippen LogP contribution in [0.15, 0.2) is 78.9 Å². The van der Waals surface area contributed by atoms with Gasteiger partial charge in [0, 0.05) is 0 Å². The van der Waals surface area contributed by atoms with Crippen LogP contribution in [0.5, 0.6) is 0 Å². The molecule has 0 aliphatic carbocycles. The van der Waals surface area contributed by atoms with E-state index in [2.05, 4.69) is 99.1 Å². The van der Waals surface area contributed by atoms with Gasteiger partial charge in [0.2, 0.25) is 0 Å². The van der Waals surface area contributed by atoms with E-state index in [4.69, 9.17) is 0 Å². The zero-order valence-electron chi connectivity index (χ0n) is 13.9. The Kier molecular flexibility index (Phi) is 5.27. The zero-order chi connectivity index (χ0) is 16.2. The molecular formula is C21H22P2. The standard InChI is InChI=1S/C21H22P2/c1-17-11-10-16-20(22(2)3)21(17)23(18-12-6-4-7-13-18)19-14-8-5-9-15-19/h4-16H,1-3H3. The van der Waals surface area contributed by atoms with Crippen molar-refractivity contribution in [3.8, 4) is 0 Å². The molecule has 0 N–H and O–H groups in total. The molecule has 0 spiro atoms. The van der Waals surface area contributed by atoms with Gasteiger partial charge in [-0.15, -0.1) is 0 Å². The second-order valence-electron chi connectivity index (χ2n) is 5.84. The lowest BCUT2D eigenvalue weighted by Gasteiger charge is -2.25. The maximum Gasteiger partial charge on any atom is -0.00451 e. The quantitative estimate of drug-likeness (QED) is 0.629. The maximum atomic E-state index is 2.36. The Bertz CT molecular complexity index is 725. The highest BCUT2D eigenvalue weighted by molar-refractivity contribution is 7.82. The third-order valence-electron chi connectivity index (χ3n) is 3.95. The largest absolute Gasteiger partial charge is 0.0810 e. The Morgan fingerprint density at radius 2 is 1.13 bits per heavy atom. The Labute approximate surface area is 142 Å². The van der Waals surface area contributed by atoms with Crippen LogP contribution in [-0.4, -0.2) is 13.3 Å². The van der Waals surface area contributed by atoms with E-state index in [0.29, 0.717) is 0 Å². The zero-order valence-corrected chi connectivity index (χ0v) is 15.7. The first-order chi connectivity index (χ1) is 11.2. The molecule has 0 heterocycles. The summed E-state index contributed by atoms with van der Waals surface area (Å²) in [6.45, 7) is 6.98. The summed E-state index contributed by atoms with van der Waals surface area (Å²) in [5.74, 6) is 0. The fourth-order valence-corrected chi connectivity index (χ4v) is 7.23. The first kappa shape index (κ1) is 16.4. The number of hydrogen-bond acceptors (Lipinski definition) is 0. The van der Waals surface area contributed by atoms with E-state index < -0.39 is 7.92 Å². The van der Waals surface area contributed by atoms with Crippen molar-refractivity contribution >= 4 is 37.1 Å². The molecule has 3 aromatic carbocycles. The Morgan fingerprint density at radius 3 is 1.61 bits per heavy atom. The lowest BCUT2D eigenvalue weighted by Crippen LogP contribution is -2.31. The fraction of sp³-hybridized carbons (Fsp3) is 0.143. The monoisotopic (exact) mass is 336 g/mol. The second-order valence-corrected chi connectivity index (χ2v) is 10.3. The molecule has 0 radical (unpaired) electrons. The summed E-state index contributed by atoms with van der Waals surface area (Å²) in [6, 6.07) is 28.8. The van der Waals surface area contributed by atoms with Crippen LogP contribution in [0.3, 0.4) is 0 Å². The lowest BCUT2D eigenvalue weighted by atomic mass is 10.2. The highest BCUT2D eigenvalue weighted by Crippen LogP contribution is 2.36. The molecule has 0 amide bonds. The minimum Gasteiger partial charge on any atom is -0.0810 e. The van der Waals surface area contributed by atoms with Gasteiger partial charge in [-0.25, -0.2) is 0 Å². The summed E-state index contributed by atoms with van der Waals surface area (Å²) >= 11 is 0. The van der Waals surface area contributed by atoms with E-state index in [1.165, 1.54) is 16.2 Å². The molecule has 0 aromatic heterocycles. The van der Waals surface area contributed by atoms with E-state index in [-0.39, 0.29) is 7.92 Å². The highest BCUT2D eigenvalue weighted by Gasteiger charge is 2.22. The van der Waals surface area contributed by atoms with Gasteiger partial charge in [-0.2, -0.15) is 0 Å². The van der Waals surface area contributed by atoms with Crippen molar-refractivity contribution in [3.05, 3.63) is 84.4 Å². The van der Waals surface area contributed by atoms with E-state index in [1.807, 2.05) is 0 Å². The average molecular weight is 336 g/mol. The third-order valence-corrected chi connectivity index (χ3v) is 8.13. The van der Waals surface area contributed by atoms with E-state index in [0.717, 1.165) is 0 Å². The molecule has 0 atom stereocenters. The highest BCUT2D eigenvalue weighted by atomic mass is 31.1. The number of rotatable bonds is 4. The summed E-state index contributed by atoms with van der Waals surface area (Å²) in [7, 11) is -0.633. The smallest absolute Gasteiger partial charge is 0.00451 e. The predicted molar refractivity (Wildman–Crippen MR) is 108 cm³/mol. The molecule has 2 heteroatoms. The van der Waals surface area contributed by atoms with E-state index in [9.17, 15) is 0 Å². The molecule has 23 heavy (non-hydrogen) atoms. The second kappa shape index (κ2) is 7.39. The minimum absolute atomic E-state index is 0.130. The Balaban J connectivity index is 2.26. The van der Waals surface area contributed by atoms with Crippen molar-refractivity contribution in [2.75, 3.05) is 13.3 Å². The molecule has 0 saturated carbocycles. The van der Waals surface area contributed by atoms with Crippen LogP contribution in [0.2, 0.25) is 0 Å². The summed E-state index contributed by atoms with van der Waals surface area (Å²) in [5.41, 5.74) is 1.41. The van der Waals surface area contributed by atoms with E-state index >= 15 is 0 Å². The van der Waals surface area contributed by atoms with Crippen molar-refractivity contribution in [2.24, 2.45) is 0 Å². The molecule has 0 aliphatic rings. The van der Waals surface area contributed by atoms with Crippen molar-refractivity contribution < 1.29 is 0 Å². The molecule has 0 fully saturated rings. The van der Waals surface area contributed by atoms with Crippen LogP contribution in [0.25, 0.3) is 0 Å². The molecule has 0 saturated heterocycles. The summed E-state index contributed by atoms with van der Waals surface area (Å²) in [4.78, 5) is 0. The Hall–Kier alpha value is -1.48. The Morgan fingerprint density at radius 1 is 0.609 bits per heavy atom. The molecule has 0 aliphatic heterocycles.